The van der Waals surface area contributed by atoms with Crippen LogP contribution in [0.3, 0.4) is 0 Å². The zero-order valence-corrected chi connectivity index (χ0v) is 16.5. The van der Waals surface area contributed by atoms with Crippen LogP contribution in [-0.2, 0) is 4.74 Å². The van der Waals surface area contributed by atoms with Crippen molar-refractivity contribution in [2.75, 3.05) is 6.54 Å². The third-order valence-corrected chi connectivity index (χ3v) is 4.05. The molecule has 0 aliphatic rings. The minimum Gasteiger partial charge on any atom is -0.444 e. The second-order valence-electron chi connectivity index (χ2n) is 8.39. The van der Waals surface area contributed by atoms with Crippen LogP contribution in [0.15, 0.2) is 12.2 Å². The minimum atomic E-state index is -0.442. The molecule has 0 bridgehead atoms. The first kappa shape index (κ1) is 22.0. The molecule has 1 atom stereocenters. The number of hydrogen-bond donors (Lipinski definition) is 1. The van der Waals surface area contributed by atoms with Gasteiger partial charge in [-0.05, 0) is 38.5 Å². The number of nitrogens with one attached hydrogen (secondary N) is 1. The zero-order valence-electron chi connectivity index (χ0n) is 16.5. The van der Waals surface area contributed by atoms with Crippen molar-refractivity contribution >= 4 is 6.09 Å². The molecule has 3 nitrogen and oxygen atoms in total. The minimum absolute atomic E-state index is 0.186. The van der Waals surface area contributed by atoms with Crippen LogP contribution in [-0.4, -0.2) is 18.2 Å². The van der Waals surface area contributed by atoms with E-state index in [0.717, 1.165) is 5.92 Å². The topological polar surface area (TPSA) is 38.3 Å². The first-order valence-corrected chi connectivity index (χ1v) is 9.20. The molecule has 1 N–H and O–H groups in total. The summed E-state index contributed by atoms with van der Waals surface area (Å²) in [6, 6.07) is 0. The van der Waals surface area contributed by atoms with Crippen LogP contribution in [0.1, 0.15) is 87.0 Å². The van der Waals surface area contributed by atoms with Crippen molar-refractivity contribution in [1.82, 2.24) is 5.32 Å². The van der Waals surface area contributed by atoms with E-state index in [0.29, 0.717) is 6.54 Å². The van der Waals surface area contributed by atoms with Gasteiger partial charge in [0.25, 0.3) is 0 Å². The standard InChI is InChI=1S/C20H39NO2/c1-8-17(2)13-10-9-11-14-20(6,7)15-12-16-21-18(22)23-19(3,4)5/h12,15,17H,8-11,13-14,16H2,1-7H3,(H,21,22)/b15-12+. The Morgan fingerprint density at radius 2 is 1.78 bits per heavy atom. The fourth-order valence-electron chi connectivity index (χ4n) is 2.37. The van der Waals surface area contributed by atoms with Crippen LogP contribution in [0.25, 0.3) is 0 Å². The number of alkyl carbamates (subject to hydrolysis) is 1. The number of carbonyl (C=O) groups excluding carboxylic acids is 1. The molecule has 0 aromatic heterocycles. The number of hydrogen-bond acceptors (Lipinski definition) is 2. The summed E-state index contributed by atoms with van der Waals surface area (Å²) in [5.74, 6) is 0.863. The number of amides is 1. The summed E-state index contributed by atoms with van der Waals surface area (Å²) in [5.41, 5.74) is -0.256. The lowest BCUT2D eigenvalue weighted by molar-refractivity contribution is 0.0534. The molecule has 0 fully saturated rings. The first-order chi connectivity index (χ1) is 10.6. The SMILES string of the molecule is CCC(C)CCCCCC(C)(C)/C=C/CNC(=O)OC(C)(C)C. The summed E-state index contributed by atoms with van der Waals surface area (Å²) in [6.07, 6.45) is 11.6. The molecule has 1 unspecified atom stereocenters. The van der Waals surface area contributed by atoms with Gasteiger partial charge in [-0.1, -0.05) is 72.0 Å². The molecule has 0 aromatic rings. The van der Waals surface area contributed by atoms with Gasteiger partial charge in [-0.25, -0.2) is 4.79 Å². The van der Waals surface area contributed by atoms with E-state index >= 15 is 0 Å². The molecule has 3 heteroatoms. The van der Waals surface area contributed by atoms with E-state index < -0.39 is 5.60 Å². The lowest BCUT2D eigenvalue weighted by Gasteiger charge is -2.21. The highest BCUT2D eigenvalue weighted by Crippen LogP contribution is 2.26. The molecule has 0 aliphatic heterocycles. The third-order valence-electron chi connectivity index (χ3n) is 4.05. The van der Waals surface area contributed by atoms with Gasteiger partial charge >= 0.3 is 6.09 Å². The van der Waals surface area contributed by atoms with Crippen molar-refractivity contribution in [3.05, 3.63) is 12.2 Å². The third kappa shape index (κ3) is 14.3. The maximum Gasteiger partial charge on any atom is 0.407 e. The Morgan fingerprint density at radius 3 is 2.35 bits per heavy atom. The fourth-order valence-corrected chi connectivity index (χ4v) is 2.37. The second kappa shape index (κ2) is 10.7. The van der Waals surface area contributed by atoms with Gasteiger partial charge in [-0.2, -0.15) is 0 Å². The number of allylic oxidation sites excluding steroid dienone is 1. The number of unbranched alkanes of at least 4 members (excludes halogenated alkanes) is 2. The van der Waals surface area contributed by atoms with Gasteiger partial charge in [-0.3, -0.25) is 0 Å². The predicted molar refractivity (Wildman–Crippen MR) is 99.7 cm³/mol. The van der Waals surface area contributed by atoms with Crippen LogP contribution in [0.4, 0.5) is 4.79 Å². The maximum atomic E-state index is 11.5. The zero-order chi connectivity index (χ0) is 17.9. The highest BCUT2D eigenvalue weighted by atomic mass is 16.6. The molecular weight excluding hydrogens is 286 g/mol. The van der Waals surface area contributed by atoms with Crippen molar-refractivity contribution in [3.8, 4) is 0 Å². The van der Waals surface area contributed by atoms with Crippen LogP contribution in [0, 0.1) is 11.3 Å². The summed E-state index contributed by atoms with van der Waals surface area (Å²) >= 11 is 0. The fraction of sp³-hybridized carbons (Fsp3) is 0.850. The molecule has 0 saturated carbocycles. The first-order valence-electron chi connectivity index (χ1n) is 9.20. The van der Waals surface area contributed by atoms with Crippen LogP contribution >= 0.6 is 0 Å². The summed E-state index contributed by atoms with van der Waals surface area (Å²) in [5, 5.41) is 2.76. The molecule has 0 saturated heterocycles. The van der Waals surface area contributed by atoms with Gasteiger partial charge in [0.1, 0.15) is 5.60 Å². The smallest absolute Gasteiger partial charge is 0.407 e. The molecule has 1 amide bonds. The quantitative estimate of drug-likeness (QED) is 0.390. The molecule has 23 heavy (non-hydrogen) atoms. The molecule has 0 aliphatic carbocycles. The Kier molecular flexibility index (Phi) is 10.3. The molecule has 0 spiro atoms. The van der Waals surface area contributed by atoms with Gasteiger partial charge in [-0.15, -0.1) is 0 Å². The van der Waals surface area contributed by atoms with Gasteiger partial charge in [0.05, 0.1) is 0 Å². The number of carbonyl (C=O) groups is 1. The highest BCUT2D eigenvalue weighted by Gasteiger charge is 2.16. The average Bonchev–Trinajstić information content (AvgIpc) is 2.41. The molecule has 0 heterocycles. The van der Waals surface area contributed by atoms with E-state index in [1.54, 1.807) is 0 Å². The van der Waals surface area contributed by atoms with E-state index in [9.17, 15) is 4.79 Å². The lowest BCUT2D eigenvalue weighted by atomic mass is 9.86. The average molecular weight is 326 g/mol. The molecule has 0 aromatic carbocycles. The Bertz CT molecular complexity index is 353. The van der Waals surface area contributed by atoms with Crippen molar-refractivity contribution in [3.63, 3.8) is 0 Å². The number of rotatable bonds is 10. The summed E-state index contributed by atoms with van der Waals surface area (Å²) in [4.78, 5) is 11.5. The Labute approximate surface area is 144 Å². The van der Waals surface area contributed by atoms with Gasteiger partial charge < -0.3 is 10.1 Å². The van der Waals surface area contributed by atoms with Gasteiger partial charge in [0.15, 0.2) is 0 Å². The van der Waals surface area contributed by atoms with E-state index in [2.05, 4.69) is 39.1 Å². The van der Waals surface area contributed by atoms with E-state index in [1.165, 1.54) is 38.5 Å². The number of ether oxygens (including phenoxy) is 1. The van der Waals surface area contributed by atoms with Crippen LogP contribution in [0.5, 0.6) is 0 Å². The van der Waals surface area contributed by atoms with Crippen molar-refractivity contribution in [2.24, 2.45) is 11.3 Å². The Balaban J connectivity index is 3.87. The highest BCUT2D eigenvalue weighted by molar-refractivity contribution is 5.67. The molecule has 136 valence electrons. The van der Waals surface area contributed by atoms with Crippen molar-refractivity contribution in [2.45, 2.75) is 92.6 Å². The van der Waals surface area contributed by atoms with Crippen LogP contribution < -0.4 is 5.32 Å². The van der Waals surface area contributed by atoms with Crippen LogP contribution in [0.2, 0.25) is 0 Å². The largest absolute Gasteiger partial charge is 0.444 e. The van der Waals surface area contributed by atoms with Gasteiger partial charge in [0.2, 0.25) is 0 Å². The van der Waals surface area contributed by atoms with E-state index in [-0.39, 0.29) is 11.5 Å². The van der Waals surface area contributed by atoms with Crippen molar-refractivity contribution < 1.29 is 9.53 Å². The molecule has 0 radical (unpaired) electrons. The Morgan fingerprint density at radius 1 is 1.13 bits per heavy atom. The normalized spacial score (nSPS) is 14.0. The summed E-state index contributed by atoms with van der Waals surface area (Å²) in [6.45, 7) is 15.2. The monoisotopic (exact) mass is 325 g/mol. The lowest BCUT2D eigenvalue weighted by Crippen LogP contribution is -2.32. The Hall–Kier alpha value is -0.990. The molecular formula is C20H39NO2. The van der Waals surface area contributed by atoms with Crippen molar-refractivity contribution in [1.29, 1.82) is 0 Å². The molecule has 0 rings (SSSR count). The predicted octanol–water partition coefficient (Wildman–Crippen LogP) is 6.09. The maximum absolute atomic E-state index is 11.5. The van der Waals surface area contributed by atoms with E-state index in [1.807, 2.05) is 26.8 Å². The second-order valence-corrected chi connectivity index (χ2v) is 8.39. The van der Waals surface area contributed by atoms with E-state index in [4.69, 9.17) is 4.74 Å². The summed E-state index contributed by atoms with van der Waals surface area (Å²) < 4.78 is 5.21. The van der Waals surface area contributed by atoms with Gasteiger partial charge in [0, 0.05) is 6.54 Å². The summed E-state index contributed by atoms with van der Waals surface area (Å²) in [7, 11) is 0.